The molecule has 1 heterocycles. The number of nitrogens with one attached hydrogen (secondary N) is 1. The SMILES string of the molecule is CNCC(CCc1nccn1C)Cc1cccc(F)c1. The third kappa shape index (κ3) is 4.17. The van der Waals surface area contributed by atoms with E-state index in [0.29, 0.717) is 5.92 Å². The van der Waals surface area contributed by atoms with Gasteiger partial charge in [-0.2, -0.15) is 0 Å². The van der Waals surface area contributed by atoms with Gasteiger partial charge in [0.2, 0.25) is 0 Å². The molecular formula is C16H22FN3. The molecule has 0 radical (unpaired) electrons. The quantitative estimate of drug-likeness (QED) is 0.841. The van der Waals surface area contributed by atoms with Gasteiger partial charge in [-0.15, -0.1) is 0 Å². The van der Waals surface area contributed by atoms with E-state index in [1.807, 2.05) is 32.6 Å². The molecule has 108 valence electrons. The molecule has 0 fully saturated rings. The van der Waals surface area contributed by atoms with Gasteiger partial charge in [0.05, 0.1) is 0 Å². The van der Waals surface area contributed by atoms with Crippen molar-refractivity contribution < 1.29 is 4.39 Å². The van der Waals surface area contributed by atoms with Gasteiger partial charge in [-0.25, -0.2) is 9.37 Å². The molecule has 1 unspecified atom stereocenters. The van der Waals surface area contributed by atoms with Crippen LogP contribution in [0, 0.1) is 11.7 Å². The zero-order valence-corrected chi connectivity index (χ0v) is 12.1. The number of aromatic nitrogens is 2. The number of hydrogen-bond acceptors (Lipinski definition) is 2. The van der Waals surface area contributed by atoms with Gasteiger partial charge in [-0.05, 0) is 50.0 Å². The number of halogens is 1. The lowest BCUT2D eigenvalue weighted by Gasteiger charge is -2.16. The van der Waals surface area contributed by atoms with Crippen LogP contribution in [0.1, 0.15) is 17.8 Å². The van der Waals surface area contributed by atoms with Crippen LogP contribution in [0.5, 0.6) is 0 Å². The third-order valence-corrected chi connectivity index (χ3v) is 3.60. The van der Waals surface area contributed by atoms with Crippen LogP contribution in [-0.2, 0) is 19.9 Å². The number of nitrogens with zero attached hydrogens (tertiary/aromatic N) is 2. The lowest BCUT2D eigenvalue weighted by molar-refractivity contribution is 0.453. The van der Waals surface area contributed by atoms with Gasteiger partial charge in [-0.1, -0.05) is 12.1 Å². The number of aryl methyl sites for hydroxylation is 2. The van der Waals surface area contributed by atoms with Crippen molar-refractivity contribution in [1.82, 2.24) is 14.9 Å². The number of rotatable bonds is 7. The highest BCUT2D eigenvalue weighted by atomic mass is 19.1. The lowest BCUT2D eigenvalue weighted by atomic mass is 9.94. The Labute approximate surface area is 119 Å². The monoisotopic (exact) mass is 275 g/mol. The molecule has 0 aliphatic heterocycles. The Bertz CT molecular complexity index is 536. The predicted molar refractivity (Wildman–Crippen MR) is 79.0 cm³/mol. The van der Waals surface area contributed by atoms with E-state index < -0.39 is 0 Å². The Hall–Kier alpha value is -1.68. The zero-order chi connectivity index (χ0) is 14.4. The highest BCUT2D eigenvalue weighted by molar-refractivity contribution is 5.17. The van der Waals surface area contributed by atoms with Crippen LogP contribution in [0.4, 0.5) is 4.39 Å². The minimum Gasteiger partial charge on any atom is -0.338 e. The maximum absolute atomic E-state index is 13.2. The normalized spacial score (nSPS) is 12.6. The minimum atomic E-state index is -0.158. The van der Waals surface area contributed by atoms with Crippen LogP contribution in [0.25, 0.3) is 0 Å². The van der Waals surface area contributed by atoms with E-state index in [1.165, 1.54) is 6.07 Å². The van der Waals surface area contributed by atoms with E-state index in [-0.39, 0.29) is 5.82 Å². The maximum Gasteiger partial charge on any atom is 0.123 e. The summed E-state index contributed by atoms with van der Waals surface area (Å²) in [5.74, 6) is 1.43. The van der Waals surface area contributed by atoms with Crippen molar-refractivity contribution in [2.75, 3.05) is 13.6 Å². The van der Waals surface area contributed by atoms with Crippen molar-refractivity contribution in [3.05, 3.63) is 53.9 Å². The largest absolute Gasteiger partial charge is 0.338 e. The standard InChI is InChI=1S/C16H22FN3/c1-18-12-14(6-7-16-19-8-9-20(16)2)10-13-4-3-5-15(17)11-13/h3-5,8-9,11,14,18H,6-7,10,12H2,1-2H3. The second kappa shape index (κ2) is 7.20. The van der Waals surface area contributed by atoms with E-state index in [9.17, 15) is 4.39 Å². The van der Waals surface area contributed by atoms with Crippen molar-refractivity contribution in [3.8, 4) is 0 Å². The van der Waals surface area contributed by atoms with E-state index in [4.69, 9.17) is 0 Å². The molecule has 1 aromatic carbocycles. The van der Waals surface area contributed by atoms with Crippen molar-refractivity contribution >= 4 is 0 Å². The highest BCUT2D eigenvalue weighted by Crippen LogP contribution is 2.15. The first-order valence-electron chi connectivity index (χ1n) is 7.04. The number of benzene rings is 1. The van der Waals surface area contributed by atoms with Gasteiger partial charge in [-0.3, -0.25) is 0 Å². The second-order valence-corrected chi connectivity index (χ2v) is 5.25. The molecule has 0 saturated carbocycles. The van der Waals surface area contributed by atoms with Gasteiger partial charge >= 0.3 is 0 Å². The molecule has 0 saturated heterocycles. The van der Waals surface area contributed by atoms with Gasteiger partial charge in [0.25, 0.3) is 0 Å². The Kier molecular flexibility index (Phi) is 5.30. The first-order chi connectivity index (χ1) is 9.69. The molecule has 0 amide bonds. The van der Waals surface area contributed by atoms with Gasteiger partial charge in [0, 0.05) is 25.9 Å². The number of hydrogen-bond donors (Lipinski definition) is 1. The van der Waals surface area contributed by atoms with Gasteiger partial charge < -0.3 is 9.88 Å². The van der Waals surface area contributed by atoms with E-state index >= 15 is 0 Å². The molecule has 2 aromatic rings. The summed E-state index contributed by atoms with van der Waals surface area (Å²) < 4.78 is 15.3. The van der Waals surface area contributed by atoms with Crippen LogP contribution in [0.3, 0.4) is 0 Å². The summed E-state index contributed by atoms with van der Waals surface area (Å²) in [6, 6.07) is 6.89. The van der Waals surface area contributed by atoms with Crippen molar-refractivity contribution in [2.45, 2.75) is 19.3 Å². The molecule has 1 atom stereocenters. The molecule has 0 bridgehead atoms. The van der Waals surface area contributed by atoms with Crippen molar-refractivity contribution in [2.24, 2.45) is 13.0 Å². The summed E-state index contributed by atoms with van der Waals surface area (Å²) in [4.78, 5) is 4.35. The smallest absolute Gasteiger partial charge is 0.123 e. The Balaban J connectivity index is 1.95. The molecule has 0 aliphatic rings. The summed E-state index contributed by atoms with van der Waals surface area (Å²) >= 11 is 0. The maximum atomic E-state index is 13.2. The Morgan fingerprint density at radius 2 is 2.25 bits per heavy atom. The zero-order valence-electron chi connectivity index (χ0n) is 12.1. The fourth-order valence-electron chi connectivity index (χ4n) is 2.53. The predicted octanol–water partition coefficient (Wildman–Crippen LogP) is 2.57. The third-order valence-electron chi connectivity index (χ3n) is 3.60. The molecule has 3 nitrogen and oxygen atoms in total. The van der Waals surface area contributed by atoms with Crippen LogP contribution < -0.4 is 5.32 Å². The van der Waals surface area contributed by atoms with Crippen LogP contribution >= 0.6 is 0 Å². The summed E-state index contributed by atoms with van der Waals surface area (Å²) in [5, 5.41) is 3.23. The summed E-state index contributed by atoms with van der Waals surface area (Å²) in [7, 11) is 3.97. The first-order valence-corrected chi connectivity index (χ1v) is 7.04. The fourth-order valence-corrected chi connectivity index (χ4v) is 2.53. The van der Waals surface area contributed by atoms with Gasteiger partial charge in [0.1, 0.15) is 11.6 Å². The molecule has 0 aliphatic carbocycles. The molecule has 20 heavy (non-hydrogen) atoms. The Morgan fingerprint density at radius 3 is 2.90 bits per heavy atom. The van der Waals surface area contributed by atoms with Crippen LogP contribution in [0.15, 0.2) is 36.7 Å². The first kappa shape index (κ1) is 14.7. The molecule has 0 spiro atoms. The van der Waals surface area contributed by atoms with Crippen LogP contribution in [0.2, 0.25) is 0 Å². The average molecular weight is 275 g/mol. The lowest BCUT2D eigenvalue weighted by Crippen LogP contribution is -2.22. The summed E-state index contributed by atoms with van der Waals surface area (Å²) in [6.07, 6.45) is 6.68. The molecule has 2 rings (SSSR count). The summed E-state index contributed by atoms with van der Waals surface area (Å²) in [5.41, 5.74) is 1.06. The van der Waals surface area contributed by atoms with Crippen LogP contribution in [-0.4, -0.2) is 23.1 Å². The van der Waals surface area contributed by atoms with Crippen molar-refractivity contribution in [3.63, 3.8) is 0 Å². The van der Waals surface area contributed by atoms with Gasteiger partial charge in [0.15, 0.2) is 0 Å². The van der Waals surface area contributed by atoms with E-state index in [0.717, 1.165) is 37.2 Å². The molecule has 4 heteroatoms. The Morgan fingerprint density at radius 1 is 1.40 bits per heavy atom. The highest BCUT2D eigenvalue weighted by Gasteiger charge is 2.11. The molecule has 1 aromatic heterocycles. The van der Waals surface area contributed by atoms with Crippen molar-refractivity contribution in [1.29, 1.82) is 0 Å². The minimum absolute atomic E-state index is 0.158. The van der Waals surface area contributed by atoms with E-state index in [1.54, 1.807) is 12.1 Å². The summed E-state index contributed by atoms with van der Waals surface area (Å²) in [6.45, 7) is 0.931. The molecule has 1 N–H and O–H groups in total. The fraction of sp³-hybridized carbons (Fsp3) is 0.438. The average Bonchev–Trinajstić information content (AvgIpc) is 2.82. The topological polar surface area (TPSA) is 29.9 Å². The molecular weight excluding hydrogens is 253 g/mol. The number of imidazole rings is 1. The second-order valence-electron chi connectivity index (χ2n) is 5.25. The van der Waals surface area contributed by atoms with E-state index in [2.05, 4.69) is 14.9 Å².